The van der Waals surface area contributed by atoms with Gasteiger partial charge < -0.3 is 15.5 Å². The predicted octanol–water partition coefficient (Wildman–Crippen LogP) is 6.75. The van der Waals surface area contributed by atoms with Crippen LogP contribution in [0.3, 0.4) is 0 Å². The van der Waals surface area contributed by atoms with Crippen molar-refractivity contribution in [3.8, 4) is 11.3 Å². The quantitative estimate of drug-likeness (QED) is 0.239. The Morgan fingerprint density at radius 2 is 2.00 bits per heavy atom. The third-order valence-corrected chi connectivity index (χ3v) is 8.46. The third kappa shape index (κ3) is 6.32. The lowest BCUT2D eigenvalue weighted by Crippen LogP contribution is -2.33. The Morgan fingerprint density at radius 3 is 2.68 bits per heavy atom. The Labute approximate surface area is 231 Å². The number of carbonyl (C=O) groups is 2. The second-order valence-electron chi connectivity index (χ2n) is 10.3. The SMILES string of the molecule is Cc1ccc(-c2ccc(/C=C/C(=O)NC(=S)Nc3sc4c(c3C(N)=O)CCC(C(C)(C)C)C4)o2)cc1Cl. The van der Waals surface area contributed by atoms with Crippen LogP contribution in [0.25, 0.3) is 17.4 Å². The fraction of sp³-hybridized carbons (Fsp3) is 0.321. The first-order valence-electron chi connectivity index (χ1n) is 12.0. The Hall–Kier alpha value is -2.94. The van der Waals surface area contributed by atoms with Gasteiger partial charge in [-0.05, 0) is 85.1 Å². The number of hydrogen-bond acceptors (Lipinski definition) is 5. The van der Waals surface area contributed by atoms with Crippen molar-refractivity contribution in [1.29, 1.82) is 0 Å². The van der Waals surface area contributed by atoms with E-state index in [2.05, 4.69) is 31.4 Å². The number of hydrogen-bond donors (Lipinski definition) is 3. The van der Waals surface area contributed by atoms with Gasteiger partial charge in [-0.1, -0.05) is 44.5 Å². The highest BCUT2D eigenvalue weighted by atomic mass is 35.5. The predicted molar refractivity (Wildman–Crippen MR) is 155 cm³/mol. The molecule has 2 heterocycles. The molecule has 4 N–H and O–H groups in total. The number of thiocarbonyl (C=S) groups is 1. The van der Waals surface area contributed by atoms with E-state index in [1.807, 2.05) is 31.2 Å². The molecule has 0 bridgehead atoms. The molecule has 3 aromatic rings. The van der Waals surface area contributed by atoms with Crippen molar-refractivity contribution in [2.75, 3.05) is 5.32 Å². The van der Waals surface area contributed by atoms with Gasteiger partial charge in [0.05, 0.1) is 5.56 Å². The zero-order valence-electron chi connectivity index (χ0n) is 21.2. The van der Waals surface area contributed by atoms with Crippen LogP contribution in [0, 0.1) is 18.3 Å². The molecule has 0 aliphatic heterocycles. The highest BCUT2D eigenvalue weighted by Crippen LogP contribution is 2.44. The molecule has 1 aromatic carbocycles. The van der Waals surface area contributed by atoms with Gasteiger partial charge in [0.15, 0.2) is 5.11 Å². The number of amides is 2. The fourth-order valence-corrected chi connectivity index (χ4v) is 6.25. The summed E-state index contributed by atoms with van der Waals surface area (Å²) in [5, 5.41) is 6.97. The highest BCUT2D eigenvalue weighted by molar-refractivity contribution is 7.80. The van der Waals surface area contributed by atoms with E-state index < -0.39 is 11.8 Å². The largest absolute Gasteiger partial charge is 0.457 e. The summed E-state index contributed by atoms with van der Waals surface area (Å²) < 4.78 is 5.81. The zero-order valence-corrected chi connectivity index (χ0v) is 23.6. The fourth-order valence-electron chi connectivity index (χ4n) is 4.46. The summed E-state index contributed by atoms with van der Waals surface area (Å²) in [5.74, 6) is 0.758. The van der Waals surface area contributed by atoms with Crippen molar-refractivity contribution in [1.82, 2.24) is 5.32 Å². The molecule has 194 valence electrons. The van der Waals surface area contributed by atoms with Gasteiger partial charge in [-0.3, -0.25) is 14.9 Å². The normalized spacial score (nSPS) is 15.4. The molecule has 37 heavy (non-hydrogen) atoms. The van der Waals surface area contributed by atoms with Crippen LogP contribution in [0.15, 0.2) is 40.8 Å². The van der Waals surface area contributed by atoms with Crippen molar-refractivity contribution in [2.24, 2.45) is 17.1 Å². The second-order valence-corrected chi connectivity index (χ2v) is 12.2. The lowest BCUT2D eigenvalue weighted by molar-refractivity contribution is -0.115. The van der Waals surface area contributed by atoms with Crippen molar-refractivity contribution in [2.45, 2.75) is 47.0 Å². The van der Waals surface area contributed by atoms with Gasteiger partial charge in [-0.2, -0.15) is 0 Å². The van der Waals surface area contributed by atoms with Crippen molar-refractivity contribution >= 4 is 63.2 Å². The van der Waals surface area contributed by atoms with Crippen molar-refractivity contribution in [3.05, 3.63) is 68.8 Å². The molecule has 1 aliphatic rings. The monoisotopic (exact) mass is 555 g/mol. The number of anilines is 1. The first-order valence-corrected chi connectivity index (χ1v) is 13.6. The van der Waals surface area contributed by atoms with E-state index >= 15 is 0 Å². The number of thiophene rings is 1. The molecule has 0 spiro atoms. The first-order chi connectivity index (χ1) is 17.4. The highest BCUT2D eigenvalue weighted by Gasteiger charge is 2.33. The van der Waals surface area contributed by atoms with Gasteiger partial charge in [0.1, 0.15) is 16.5 Å². The molecule has 0 fully saturated rings. The van der Waals surface area contributed by atoms with E-state index in [4.69, 9.17) is 34.0 Å². The molecule has 0 saturated heterocycles. The summed E-state index contributed by atoms with van der Waals surface area (Å²) in [6, 6.07) is 9.28. The number of nitrogens with two attached hydrogens (primary N) is 1. The number of furan rings is 1. The minimum atomic E-state index is -0.494. The molecule has 0 saturated carbocycles. The minimum absolute atomic E-state index is 0.0950. The van der Waals surface area contributed by atoms with E-state index in [0.29, 0.717) is 33.0 Å². The summed E-state index contributed by atoms with van der Waals surface area (Å²) in [6.45, 7) is 8.66. The van der Waals surface area contributed by atoms with Gasteiger partial charge in [0.2, 0.25) is 5.91 Å². The van der Waals surface area contributed by atoms with Gasteiger partial charge in [0, 0.05) is 21.5 Å². The molecule has 4 rings (SSSR count). The van der Waals surface area contributed by atoms with Crippen LogP contribution < -0.4 is 16.4 Å². The molecule has 2 amide bonds. The van der Waals surface area contributed by atoms with E-state index in [9.17, 15) is 9.59 Å². The molecule has 1 aliphatic carbocycles. The van der Waals surface area contributed by atoms with Crippen LogP contribution >= 0.6 is 35.2 Å². The lowest BCUT2D eigenvalue weighted by Gasteiger charge is -2.33. The average molecular weight is 556 g/mol. The van der Waals surface area contributed by atoms with Crippen LogP contribution in [0.2, 0.25) is 5.02 Å². The smallest absolute Gasteiger partial charge is 0.251 e. The summed E-state index contributed by atoms with van der Waals surface area (Å²) in [6.07, 6.45) is 5.59. The minimum Gasteiger partial charge on any atom is -0.457 e. The molecule has 1 unspecified atom stereocenters. The van der Waals surface area contributed by atoms with Crippen LogP contribution in [0.4, 0.5) is 5.00 Å². The van der Waals surface area contributed by atoms with Crippen molar-refractivity contribution < 1.29 is 14.0 Å². The van der Waals surface area contributed by atoms with Gasteiger partial charge in [0.25, 0.3) is 5.91 Å². The number of nitrogens with one attached hydrogen (secondary N) is 2. The maximum Gasteiger partial charge on any atom is 0.251 e. The number of carbonyl (C=O) groups excluding carboxylic acids is 2. The number of halogens is 1. The van der Waals surface area contributed by atoms with E-state index in [0.717, 1.165) is 40.8 Å². The lowest BCUT2D eigenvalue weighted by atomic mass is 9.72. The first kappa shape index (κ1) is 27.1. The number of primary amides is 1. The van der Waals surface area contributed by atoms with Crippen molar-refractivity contribution in [3.63, 3.8) is 0 Å². The van der Waals surface area contributed by atoms with Gasteiger partial charge in [-0.15, -0.1) is 11.3 Å². The molecular weight excluding hydrogens is 526 g/mol. The maximum atomic E-state index is 12.5. The maximum absolute atomic E-state index is 12.5. The molecule has 2 aromatic heterocycles. The molecule has 1 atom stereocenters. The third-order valence-electron chi connectivity index (χ3n) is 6.68. The Balaban J connectivity index is 1.40. The van der Waals surface area contributed by atoms with Gasteiger partial charge in [-0.25, -0.2) is 0 Å². The molecular formula is C28H30ClN3O3S2. The van der Waals surface area contributed by atoms with E-state index in [-0.39, 0.29) is 10.5 Å². The summed E-state index contributed by atoms with van der Waals surface area (Å²) >= 11 is 13.0. The molecule has 6 nitrogen and oxygen atoms in total. The van der Waals surface area contributed by atoms with Gasteiger partial charge >= 0.3 is 0 Å². The number of aryl methyl sites for hydroxylation is 1. The zero-order chi connectivity index (χ0) is 26.9. The van der Waals surface area contributed by atoms with E-state index in [1.54, 1.807) is 12.1 Å². The Morgan fingerprint density at radius 1 is 1.24 bits per heavy atom. The molecule has 0 radical (unpaired) electrons. The topological polar surface area (TPSA) is 97.4 Å². The second kappa shape index (κ2) is 10.8. The summed E-state index contributed by atoms with van der Waals surface area (Å²) in [5.41, 5.74) is 9.20. The number of benzene rings is 1. The number of rotatable bonds is 5. The van der Waals surface area contributed by atoms with E-state index in [1.165, 1.54) is 17.4 Å². The summed E-state index contributed by atoms with van der Waals surface area (Å²) in [7, 11) is 0. The van der Waals surface area contributed by atoms with Crippen LogP contribution in [0.1, 0.15) is 59.3 Å². The Kier molecular flexibility index (Phi) is 7.92. The van der Waals surface area contributed by atoms with Crippen LogP contribution in [-0.2, 0) is 17.6 Å². The average Bonchev–Trinajstić information content (AvgIpc) is 3.42. The van der Waals surface area contributed by atoms with Crippen LogP contribution in [0.5, 0.6) is 0 Å². The Bertz CT molecular complexity index is 1400. The standard InChI is InChI=1S/C28H30ClN3O3S2/c1-15-5-6-16(13-20(15)29)21-11-8-18(35-21)9-12-23(33)31-27(36)32-26-24(25(30)34)19-10-7-17(28(2,3)4)14-22(19)37-26/h5-6,8-9,11-13,17H,7,10,14H2,1-4H3,(H2,30,34)(H2,31,32,33,36)/b12-9+. The van der Waals surface area contributed by atoms with Crippen LogP contribution in [-0.4, -0.2) is 16.9 Å². The molecule has 9 heteroatoms. The summed E-state index contributed by atoms with van der Waals surface area (Å²) in [4.78, 5) is 25.9. The number of fused-ring (bicyclic) bond motifs is 1.